The van der Waals surface area contributed by atoms with Crippen LogP contribution < -0.4 is 0 Å². The van der Waals surface area contributed by atoms with Gasteiger partial charge in [-0.3, -0.25) is 4.79 Å². The van der Waals surface area contributed by atoms with Gasteiger partial charge in [0.1, 0.15) is 11.3 Å². The maximum absolute atomic E-state index is 12.6. The highest BCUT2D eigenvalue weighted by Gasteiger charge is 2.40. The molecule has 0 saturated heterocycles. The van der Waals surface area contributed by atoms with E-state index in [0.29, 0.717) is 11.4 Å². The molecule has 4 nitrogen and oxygen atoms in total. The molecule has 0 amide bonds. The van der Waals surface area contributed by atoms with E-state index >= 15 is 0 Å². The first-order valence-electron chi connectivity index (χ1n) is 6.08. The van der Waals surface area contributed by atoms with Crippen LogP contribution in [0, 0.1) is 0 Å². The topological polar surface area (TPSA) is 46.6 Å². The summed E-state index contributed by atoms with van der Waals surface area (Å²) in [6.45, 7) is 1.97. The predicted molar refractivity (Wildman–Crippen MR) is 82.8 cm³/mol. The predicted octanol–water partition coefficient (Wildman–Crippen LogP) is 2.67. The van der Waals surface area contributed by atoms with E-state index in [1.165, 1.54) is 23.5 Å². The van der Waals surface area contributed by atoms with Crippen molar-refractivity contribution in [1.82, 2.24) is 4.90 Å². The van der Waals surface area contributed by atoms with Gasteiger partial charge in [-0.25, -0.2) is 4.79 Å². The Kier molecular flexibility index (Phi) is 4.77. The Morgan fingerprint density at radius 2 is 2.00 bits per heavy atom. The van der Waals surface area contributed by atoms with Crippen molar-refractivity contribution in [3.8, 4) is 0 Å². The van der Waals surface area contributed by atoms with Crippen molar-refractivity contribution in [3.63, 3.8) is 0 Å². The Balaban J connectivity index is 2.55. The number of ketones is 1. The minimum Gasteiger partial charge on any atom is -0.462 e. The van der Waals surface area contributed by atoms with Crippen LogP contribution in [0.4, 0.5) is 0 Å². The number of ether oxygens (including phenoxy) is 1. The summed E-state index contributed by atoms with van der Waals surface area (Å²) < 4.78 is 5.88. The van der Waals surface area contributed by atoms with Gasteiger partial charge in [-0.1, -0.05) is 6.08 Å². The molecule has 0 N–H and O–H groups in total. The summed E-state index contributed by atoms with van der Waals surface area (Å²) in [5.74, 6) is -0.831. The number of esters is 1. The van der Waals surface area contributed by atoms with Gasteiger partial charge in [0, 0.05) is 6.20 Å². The normalized spacial score (nSPS) is 16.9. The second-order valence-corrected chi connectivity index (χ2v) is 5.82. The highest BCUT2D eigenvalue weighted by molar-refractivity contribution is 8.21. The lowest BCUT2D eigenvalue weighted by atomic mass is 10.1. The van der Waals surface area contributed by atoms with Crippen molar-refractivity contribution in [2.45, 2.75) is 6.92 Å². The van der Waals surface area contributed by atoms with Crippen LogP contribution in [-0.2, 0) is 14.3 Å². The van der Waals surface area contributed by atoms with Crippen LogP contribution >= 0.6 is 23.5 Å². The molecule has 0 radical (unpaired) electrons. The van der Waals surface area contributed by atoms with Crippen molar-refractivity contribution in [2.75, 3.05) is 19.1 Å². The number of Topliss-reactive ketones (excluding diaryl/α,β-unsaturated/α-hetero) is 1. The summed E-state index contributed by atoms with van der Waals surface area (Å²) in [4.78, 5) is 26.4. The zero-order chi connectivity index (χ0) is 14.7. The van der Waals surface area contributed by atoms with Gasteiger partial charge < -0.3 is 9.64 Å². The fraction of sp³-hybridized carbons (Fsp3) is 0.286. The second-order valence-electron chi connectivity index (χ2n) is 3.92. The number of carbonyl (C=O) groups is 2. The number of rotatable bonds is 4. The number of thioether (sulfide) groups is 2. The maximum atomic E-state index is 12.6. The van der Waals surface area contributed by atoms with Crippen molar-refractivity contribution in [1.29, 1.82) is 0 Å². The van der Waals surface area contributed by atoms with Gasteiger partial charge in [-0.05, 0) is 31.6 Å². The van der Waals surface area contributed by atoms with Crippen molar-refractivity contribution < 1.29 is 14.3 Å². The molecule has 0 unspecified atom stereocenters. The quantitative estimate of drug-likeness (QED) is 0.452. The molecule has 2 aliphatic heterocycles. The summed E-state index contributed by atoms with van der Waals surface area (Å²) in [5, 5.41) is 0. The van der Waals surface area contributed by atoms with Crippen molar-refractivity contribution in [2.24, 2.45) is 0 Å². The lowest BCUT2D eigenvalue weighted by Gasteiger charge is -2.20. The fourth-order valence-electron chi connectivity index (χ4n) is 2.05. The molecule has 0 aliphatic carbocycles. The largest absolute Gasteiger partial charge is 0.462 e. The molecular weight excluding hydrogens is 294 g/mol. The molecule has 0 aromatic heterocycles. The number of carbonyl (C=O) groups excluding carboxylic acids is 2. The monoisotopic (exact) mass is 309 g/mol. The van der Waals surface area contributed by atoms with Crippen molar-refractivity contribution in [3.05, 3.63) is 45.6 Å². The standard InChI is InChI=1S/C14H15NO3S2/c1-4-18-13(17)10-9-7-5-6-8-15(9)11(12(10)16)14(19-2)20-3/h5-8H,4H2,1-3H3. The minimum atomic E-state index is -0.561. The molecule has 0 atom stereocenters. The lowest BCUT2D eigenvalue weighted by Crippen LogP contribution is -2.16. The Hall–Kier alpha value is -1.40. The molecule has 2 aliphatic rings. The summed E-state index contributed by atoms with van der Waals surface area (Å²) >= 11 is 2.99. The van der Waals surface area contributed by atoms with E-state index in [2.05, 4.69) is 0 Å². The molecule has 0 aromatic rings. The van der Waals surface area contributed by atoms with Gasteiger partial charge in [0.15, 0.2) is 0 Å². The molecule has 2 rings (SSSR count). The first-order valence-corrected chi connectivity index (χ1v) is 8.53. The van der Waals surface area contributed by atoms with Gasteiger partial charge in [-0.2, -0.15) is 0 Å². The van der Waals surface area contributed by atoms with Crippen LogP contribution in [-0.4, -0.2) is 35.8 Å². The highest BCUT2D eigenvalue weighted by Crippen LogP contribution is 2.39. The average molecular weight is 309 g/mol. The first-order chi connectivity index (χ1) is 9.65. The number of allylic oxidation sites excluding steroid dienone is 4. The molecule has 0 saturated carbocycles. The molecule has 0 spiro atoms. The van der Waals surface area contributed by atoms with E-state index in [9.17, 15) is 9.59 Å². The van der Waals surface area contributed by atoms with Crippen LogP contribution in [0.2, 0.25) is 0 Å². The third-order valence-corrected chi connectivity index (χ3v) is 4.97. The second kappa shape index (κ2) is 6.37. The molecule has 0 aromatic carbocycles. The smallest absolute Gasteiger partial charge is 0.344 e. The number of hydrogen-bond donors (Lipinski definition) is 0. The molecular formula is C14H15NO3S2. The summed E-state index contributed by atoms with van der Waals surface area (Å²) in [7, 11) is 0. The average Bonchev–Trinajstić information content (AvgIpc) is 2.74. The summed E-state index contributed by atoms with van der Waals surface area (Å²) in [6.07, 6.45) is 11.0. The molecule has 6 heteroatoms. The molecule has 106 valence electrons. The van der Waals surface area contributed by atoms with Crippen LogP contribution in [0.15, 0.2) is 45.6 Å². The number of fused-ring (bicyclic) bond motifs is 1. The Morgan fingerprint density at radius 1 is 1.30 bits per heavy atom. The zero-order valence-electron chi connectivity index (χ0n) is 11.5. The van der Waals surface area contributed by atoms with Gasteiger partial charge in [0.2, 0.25) is 5.78 Å². The van der Waals surface area contributed by atoms with Gasteiger partial charge >= 0.3 is 5.97 Å². The van der Waals surface area contributed by atoms with E-state index in [1.807, 2.05) is 18.6 Å². The molecule has 0 fully saturated rings. The van der Waals surface area contributed by atoms with Crippen LogP contribution in [0.5, 0.6) is 0 Å². The highest BCUT2D eigenvalue weighted by atomic mass is 32.2. The van der Waals surface area contributed by atoms with Gasteiger partial charge in [-0.15, -0.1) is 23.5 Å². The maximum Gasteiger partial charge on any atom is 0.344 e. The van der Waals surface area contributed by atoms with E-state index in [-0.39, 0.29) is 18.0 Å². The Labute approximate surface area is 126 Å². The van der Waals surface area contributed by atoms with Crippen LogP contribution in [0.1, 0.15) is 6.92 Å². The Morgan fingerprint density at radius 3 is 2.60 bits per heavy atom. The van der Waals surface area contributed by atoms with Crippen LogP contribution in [0.3, 0.4) is 0 Å². The van der Waals surface area contributed by atoms with E-state index < -0.39 is 5.97 Å². The first kappa shape index (κ1) is 15.0. The zero-order valence-corrected chi connectivity index (χ0v) is 13.1. The molecule has 20 heavy (non-hydrogen) atoms. The third-order valence-electron chi connectivity index (χ3n) is 2.84. The van der Waals surface area contributed by atoms with E-state index in [1.54, 1.807) is 30.2 Å². The van der Waals surface area contributed by atoms with Gasteiger partial charge in [0.05, 0.1) is 16.5 Å². The summed E-state index contributed by atoms with van der Waals surface area (Å²) in [6, 6.07) is 0. The molecule has 0 bridgehead atoms. The fourth-order valence-corrected chi connectivity index (χ4v) is 3.49. The minimum absolute atomic E-state index is 0.114. The molecule has 2 heterocycles. The third kappa shape index (κ3) is 2.45. The van der Waals surface area contributed by atoms with Crippen LogP contribution in [0.25, 0.3) is 0 Å². The van der Waals surface area contributed by atoms with Crippen molar-refractivity contribution >= 4 is 35.3 Å². The SMILES string of the molecule is CCOC(=O)C1=C2C=CC=CN2C(=C(SC)SC)C1=O. The number of hydrogen-bond acceptors (Lipinski definition) is 6. The van der Waals surface area contributed by atoms with E-state index in [0.717, 1.165) is 4.24 Å². The Bertz CT molecular complexity index is 567. The van der Waals surface area contributed by atoms with E-state index in [4.69, 9.17) is 4.74 Å². The lowest BCUT2D eigenvalue weighted by molar-refractivity contribution is -0.139. The summed E-state index contributed by atoms with van der Waals surface area (Å²) in [5.41, 5.74) is 1.23. The van der Waals surface area contributed by atoms with Gasteiger partial charge in [0.25, 0.3) is 0 Å². The number of nitrogens with zero attached hydrogens (tertiary/aromatic N) is 1.